The van der Waals surface area contributed by atoms with Crippen molar-refractivity contribution in [2.45, 2.75) is 20.3 Å². The number of rotatable bonds is 3. The first-order valence-electron chi connectivity index (χ1n) is 4.76. The van der Waals surface area contributed by atoms with Gasteiger partial charge in [-0.1, -0.05) is 6.92 Å². The van der Waals surface area contributed by atoms with Crippen LogP contribution in [0.3, 0.4) is 0 Å². The second kappa shape index (κ2) is 4.61. The van der Waals surface area contributed by atoms with Crippen LogP contribution in [0.4, 0.5) is 0 Å². The molecular formula is C12H13NO2. The monoisotopic (exact) mass is 203 g/mol. The first-order chi connectivity index (χ1) is 7.15. The Bertz CT molecular complexity index is 430. The first-order valence-corrected chi connectivity index (χ1v) is 4.76. The molecule has 0 aliphatic rings. The lowest BCUT2D eigenvalue weighted by atomic mass is 9.96. The van der Waals surface area contributed by atoms with E-state index in [-0.39, 0.29) is 5.78 Å². The van der Waals surface area contributed by atoms with Crippen LogP contribution < -0.4 is 4.74 Å². The highest BCUT2D eigenvalue weighted by Gasteiger charge is 2.15. The molecule has 0 amide bonds. The van der Waals surface area contributed by atoms with E-state index in [1.54, 1.807) is 12.1 Å². The maximum Gasteiger partial charge on any atom is 0.163 e. The van der Waals surface area contributed by atoms with Crippen molar-refractivity contribution in [3.8, 4) is 11.8 Å². The van der Waals surface area contributed by atoms with Crippen LogP contribution in [0.2, 0.25) is 0 Å². The Labute approximate surface area is 89.3 Å². The van der Waals surface area contributed by atoms with Crippen LogP contribution in [-0.2, 0) is 6.42 Å². The van der Waals surface area contributed by atoms with Crippen LogP contribution in [0.15, 0.2) is 12.1 Å². The third-order valence-corrected chi connectivity index (χ3v) is 2.32. The molecule has 3 nitrogen and oxygen atoms in total. The predicted molar refractivity (Wildman–Crippen MR) is 57.1 cm³/mol. The van der Waals surface area contributed by atoms with E-state index in [1.165, 1.54) is 14.0 Å². The molecule has 78 valence electrons. The van der Waals surface area contributed by atoms with Gasteiger partial charge in [0.25, 0.3) is 0 Å². The fourth-order valence-corrected chi connectivity index (χ4v) is 1.65. The molecular weight excluding hydrogens is 190 g/mol. The summed E-state index contributed by atoms with van der Waals surface area (Å²) in [4.78, 5) is 11.5. The minimum Gasteiger partial charge on any atom is -0.496 e. The summed E-state index contributed by atoms with van der Waals surface area (Å²) in [6.45, 7) is 3.40. The minimum atomic E-state index is -0.0687. The van der Waals surface area contributed by atoms with Gasteiger partial charge in [-0.15, -0.1) is 0 Å². The Hall–Kier alpha value is -1.82. The second-order valence-electron chi connectivity index (χ2n) is 3.19. The van der Waals surface area contributed by atoms with Gasteiger partial charge in [0, 0.05) is 0 Å². The van der Waals surface area contributed by atoms with E-state index >= 15 is 0 Å². The Morgan fingerprint density at radius 1 is 1.53 bits per heavy atom. The molecule has 3 heteroatoms. The van der Waals surface area contributed by atoms with Crippen molar-refractivity contribution in [1.82, 2.24) is 0 Å². The summed E-state index contributed by atoms with van der Waals surface area (Å²) >= 11 is 0. The average molecular weight is 203 g/mol. The van der Waals surface area contributed by atoms with Crippen molar-refractivity contribution in [2.75, 3.05) is 7.11 Å². The number of nitriles is 1. The van der Waals surface area contributed by atoms with E-state index in [0.29, 0.717) is 23.3 Å². The van der Waals surface area contributed by atoms with Crippen LogP contribution >= 0.6 is 0 Å². The molecule has 0 heterocycles. The maximum absolute atomic E-state index is 11.5. The van der Waals surface area contributed by atoms with E-state index in [4.69, 9.17) is 10.00 Å². The standard InChI is InChI=1S/C12H13NO2/c1-4-10-9(7-13)5-6-11(15-3)12(10)8(2)14/h5-6H,4H2,1-3H3. The van der Waals surface area contributed by atoms with Crippen molar-refractivity contribution in [3.63, 3.8) is 0 Å². The Morgan fingerprint density at radius 3 is 2.60 bits per heavy atom. The number of Topliss-reactive ketones (excluding diaryl/α,β-unsaturated/α-hetero) is 1. The van der Waals surface area contributed by atoms with Crippen LogP contribution in [0.25, 0.3) is 0 Å². The van der Waals surface area contributed by atoms with Gasteiger partial charge in [-0.05, 0) is 31.0 Å². The molecule has 1 rings (SSSR count). The molecule has 0 aliphatic carbocycles. The molecule has 1 aromatic rings. The molecule has 0 aliphatic heterocycles. The molecule has 0 saturated carbocycles. The topological polar surface area (TPSA) is 50.1 Å². The van der Waals surface area contributed by atoms with E-state index in [1.807, 2.05) is 6.92 Å². The van der Waals surface area contributed by atoms with Crippen LogP contribution in [0.1, 0.15) is 35.3 Å². The van der Waals surface area contributed by atoms with E-state index in [2.05, 4.69) is 6.07 Å². The number of benzene rings is 1. The Balaban J connectivity index is 3.53. The third kappa shape index (κ3) is 1.99. The summed E-state index contributed by atoms with van der Waals surface area (Å²) in [5, 5.41) is 8.92. The van der Waals surface area contributed by atoms with Gasteiger partial charge < -0.3 is 4.74 Å². The Kier molecular flexibility index (Phi) is 3.46. The third-order valence-electron chi connectivity index (χ3n) is 2.32. The number of ether oxygens (including phenoxy) is 1. The minimum absolute atomic E-state index is 0.0687. The molecule has 0 radical (unpaired) electrons. The number of nitrogens with zero attached hydrogens (tertiary/aromatic N) is 1. The maximum atomic E-state index is 11.5. The summed E-state index contributed by atoms with van der Waals surface area (Å²) in [6, 6.07) is 5.43. The molecule has 0 N–H and O–H groups in total. The number of hydrogen-bond donors (Lipinski definition) is 0. The first kappa shape index (κ1) is 11.3. The highest BCUT2D eigenvalue weighted by atomic mass is 16.5. The summed E-state index contributed by atoms with van der Waals surface area (Å²) in [5.41, 5.74) is 1.84. The number of methoxy groups -OCH3 is 1. The molecule has 0 bridgehead atoms. The highest BCUT2D eigenvalue weighted by Crippen LogP contribution is 2.26. The fraction of sp³-hybridized carbons (Fsp3) is 0.333. The smallest absolute Gasteiger partial charge is 0.163 e. The quantitative estimate of drug-likeness (QED) is 0.708. The molecule has 0 atom stereocenters. The molecule has 0 fully saturated rings. The van der Waals surface area contributed by atoms with Gasteiger partial charge in [-0.3, -0.25) is 4.79 Å². The zero-order valence-electron chi connectivity index (χ0n) is 9.13. The molecule has 15 heavy (non-hydrogen) atoms. The normalized spacial score (nSPS) is 9.47. The van der Waals surface area contributed by atoms with Gasteiger partial charge in [-0.25, -0.2) is 0 Å². The predicted octanol–water partition coefficient (Wildman–Crippen LogP) is 2.33. The van der Waals surface area contributed by atoms with Gasteiger partial charge in [0.15, 0.2) is 5.78 Å². The molecule has 0 saturated heterocycles. The van der Waals surface area contributed by atoms with E-state index < -0.39 is 0 Å². The second-order valence-corrected chi connectivity index (χ2v) is 3.19. The zero-order valence-corrected chi connectivity index (χ0v) is 9.13. The van der Waals surface area contributed by atoms with Crippen molar-refractivity contribution >= 4 is 5.78 Å². The molecule has 0 aromatic heterocycles. The summed E-state index contributed by atoms with van der Waals surface area (Å²) in [7, 11) is 1.52. The summed E-state index contributed by atoms with van der Waals surface area (Å²) in [6.07, 6.45) is 0.648. The van der Waals surface area contributed by atoms with Crippen molar-refractivity contribution in [1.29, 1.82) is 5.26 Å². The number of hydrogen-bond acceptors (Lipinski definition) is 3. The molecule has 1 aromatic carbocycles. The van der Waals surface area contributed by atoms with E-state index in [9.17, 15) is 4.79 Å². The molecule has 0 unspecified atom stereocenters. The lowest BCUT2D eigenvalue weighted by Gasteiger charge is -2.11. The van der Waals surface area contributed by atoms with Crippen LogP contribution in [0.5, 0.6) is 5.75 Å². The highest BCUT2D eigenvalue weighted by molar-refractivity contribution is 5.99. The van der Waals surface area contributed by atoms with Gasteiger partial charge in [0.1, 0.15) is 5.75 Å². The van der Waals surface area contributed by atoms with Gasteiger partial charge in [-0.2, -0.15) is 5.26 Å². The largest absolute Gasteiger partial charge is 0.496 e. The van der Waals surface area contributed by atoms with Crippen molar-refractivity contribution < 1.29 is 9.53 Å². The number of carbonyl (C=O) groups excluding carboxylic acids is 1. The lowest BCUT2D eigenvalue weighted by molar-refractivity contribution is 0.101. The summed E-state index contributed by atoms with van der Waals surface area (Å²) in [5.74, 6) is 0.471. The van der Waals surface area contributed by atoms with Gasteiger partial charge in [0.05, 0.1) is 24.3 Å². The average Bonchev–Trinajstić information content (AvgIpc) is 2.26. The van der Waals surface area contributed by atoms with Crippen LogP contribution in [0, 0.1) is 11.3 Å². The summed E-state index contributed by atoms with van der Waals surface area (Å²) < 4.78 is 5.12. The number of ketones is 1. The number of carbonyl (C=O) groups is 1. The Morgan fingerprint density at radius 2 is 2.20 bits per heavy atom. The van der Waals surface area contributed by atoms with Crippen molar-refractivity contribution in [2.24, 2.45) is 0 Å². The molecule has 0 spiro atoms. The van der Waals surface area contributed by atoms with Crippen molar-refractivity contribution in [3.05, 3.63) is 28.8 Å². The SMILES string of the molecule is CCc1c(C#N)ccc(OC)c1C(C)=O. The fourth-order valence-electron chi connectivity index (χ4n) is 1.65. The van der Waals surface area contributed by atoms with Gasteiger partial charge in [0.2, 0.25) is 0 Å². The van der Waals surface area contributed by atoms with Crippen LogP contribution in [-0.4, -0.2) is 12.9 Å². The van der Waals surface area contributed by atoms with Gasteiger partial charge >= 0.3 is 0 Å². The van der Waals surface area contributed by atoms with E-state index in [0.717, 1.165) is 5.56 Å². The lowest BCUT2D eigenvalue weighted by Crippen LogP contribution is -2.04. The zero-order chi connectivity index (χ0) is 11.4.